The molecule has 0 spiro atoms. The molecule has 0 aliphatic rings. The Morgan fingerprint density at radius 1 is 0.931 bits per heavy atom. The van der Waals surface area contributed by atoms with Gasteiger partial charge in [0.25, 0.3) is 0 Å². The normalized spacial score (nSPS) is 10.3. The highest BCUT2D eigenvalue weighted by Gasteiger charge is 2.19. The lowest BCUT2D eigenvalue weighted by Crippen LogP contribution is -2.01. The van der Waals surface area contributed by atoms with Crippen LogP contribution in [0.1, 0.15) is 5.56 Å². The fourth-order valence-electron chi connectivity index (χ4n) is 2.98. The predicted molar refractivity (Wildman–Crippen MR) is 114 cm³/mol. The molecule has 0 atom stereocenters. The Labute approximate surface area is 178 Å². The van der Waals surface area contributed by atoms with E-state index in [1.54, 1.807) is 36.4 Å². The van der Waals surface area contributed by atoms with Gasteiger partial charge in [0.1, 0.15) is 17.5 Å². The number of pyridine rings is 1. The smallest absolute Gasteiger partial charge is 0.203 e. The predicted octanol–water partition coefficient (Wildman–Crippen LogP) is 5.20. The first kappa shape index (κ1) is 20.6. The maximum Gasteiger partial charge on any atom is 0.203 e. The number of aromatic nitrogens is 1. The summed E-state index contributed by atoms with van der Waals surface area (Å²) >= 11 is 12.3. The molecule has 8 heteroatoms. The van der Waals surface area contributed by atoms with E-state index in [0.29, 0.717) is 49.7 Å². The first-order chi connectivity index (χ1) is 13.9. The van der Waals surface area contributed by atoms with Crippen LogP contribution in [-0.4, -0.2) is 26.3 Å². The molecule has 0 saturated carbocycles. The zero-order chi connectivity index (χ0) is 21.1. The van der Waals surface area contributed by atoms with Gasteiger partial charge in [-0.3, -0.25) is 0 Å². The van der Waals surface area contributed by atoms with Gasteiger partial charge in [-0.1, -0.05) is 23.2 Å². The molecule has 1 heterocycles. The van der Waals surface area contributed by atoms with Crippen LogP contribution in [0.4, 0.5) is 5.82 Å². The molecule has 0 unspecified atom stereocenters. The van der Waals surface area contributed by atoms with Crippen LogP contribution in [0, 0.1) is 11.3 Å². The minimum Gasteiger partial charge on any atom is -0.493 e. The average molecular weight is 430 g/mol. The summed E-state index contributed by atoms with van der Waals surface area (Å²) in [6.45, 7) is 0. The summed E-state index contributed by atoms with van der Waals surface area (Å²) in [5, 5.41) is 10.6. The Hall–Kier alpha value is -3.14. The number of rotatable bonds is 5. The zero-order valence-electron chi connectivity index (χ0n) is 15.9. The molecule has 0 bridgehead atoms. The summed E-state index contributed by atoms with van der Waals surface area (Å²) < 4.78 is 16.2. The highest BCUT2D eigenvalue weighted by molar-refractivity contribution is 6.36. The van der Waals surface area contributed by atoms with Gasteiger partial charge in [-0.2, -0.15) is 5.26 Å². The van der Waals surface area contributed by atoms with E-state index in [9.17, 15) is 5.26 Å². The second-order valence-electron chi connectivity index (χ2n) is 5.97. The number of hydrogen-bond donors (Lipinski definition) is 1. The van der Waals surface area contributed by atoms with Crippen molar-refractivity contribution in [3.05, 3.63) is 52.0 Å². The standard InChI is InChI=1S/C21H17Cl2N3O3/c1-27-18-6-11(7-19(28-2)20(18)29-3)14-9-17(26-21(25)15(14)10-24)13-5-4-12(22)8-16(13)23/h4-9H,1-3H3,(H2,25,26). The summed E-state index contributed by atoms with van der Waals surface area (Å²) in [5.74, 6) is 1.43. The van der Waals surface area contributed by atoms with Crippen molar-refractivity contribution >= 4 is 29.0 Å². The number of nitrogens with zero attached hydrogens (tertiary/aromatic N) is 2. The van der Waals surface area contributed by atoms with Crippen molar-refractivity contribution in [2.24, 2.45) is 0 Å². The minimum atomic E-state index is 0.0831. The second kappa shape index (κ2) is 8.48. The molecule has 0 amide bonds. The van der Waals surface area contributed by atoms with Gasteiger partial charge in [0.2, 0.25) is 5.75 Å². The Balaban J connectivity index is 2.29. The number of hydrogen-bond acceptors (Lipinski definition) is 6. The third kappa shape index (κ3) is 3.88. The molecule has 6 nitrogen and oxygen atoms in total. The molecule has 0 aliphatic heterocycles. The van der Waals surface area contributed by atoms with Gasteiger partial charge in [-0.05, 0) is 42.0 Å². The Morgan fingerprint density at radius 3 is 2.10 bits per heavy atom. The molecule has 3 rings (SSSR count). The molecule has 148 valence electrons. The van der Waals surface area contributed by atoms with Gasteiger partial charge in [0.05, 0.1) is 32.0 Å². The number of nitrogen functional groups attached to an aromatic ring is 1. The van der Waals surface area contributed by atoms with E-state index < -0.39 is 0 Å². The molecule has 29 heavy (non-hydrogen) atoms. The molecular formula is C21H17Cl2N3O3. The lowest BCUT2D eigenvalue weighted by Gasteiger charge is -2.16. The number of benzene rings is 2. The fraction of sp³-hybridized carbons (Fsp3) is 0.143. The van der Waals surface area contributed by atoms with Crippen LogP contribution in [0.3, 0.4) is 0 Å². The molecule has 0 aliphatic carbocycles. The van der Waals surface area contributed by atoms with E-state index in [1.165, 1.54) is 21.3 Å². The van der Waals surface area contributed by atoms with Crippen LogP contribution in [0.2, 0.25) is 10.0 Å². The number of anilines is 1. The van der Waals surface area contributed by atoms with Crippen molar-refractivity contribution < 1.29 is 14.2 Å². The summed E-state index contributed by atoms with van der Waals surface area (Å²) in [7, 11) is 4.56. The van der Waals surface area contributed by atoms with Crippen molar-refractivity contribution in [1.82, 2.24) is 4.98 Å². The second-order valence-corrected chi connectivity index (χ2v) is 6.81. The summed E-state index contributed by atoms with van der Waals surface area (Å²) in [5.41, 5.74) is 8.68. The van der Waals surface area contributed by atoms with Gasteiger partial charge >= 0.3 is 0 Å². The number of halogens is 2. The molecule has 3 aromatic rings. The minimum absolute atomic E-state index is 0.0831. The van der Waals surface area contributed by atoms with Crippen molar-refractivity contribution in [2.75, 3.05) is 27.1 Å². The van der Waals surface area contributed by atoms with Gasteiger partial charge in [-0.25, -0.2) is 4.98 Å². The van der Waals surface area contributed by atoms with Crippen molar-refractivity contribution in [1.29, 1.82) is 5.26 Å². The SMILES string of the molecule is COc1cc(-c2cc(-c3ccc(Cl)cc3Cl)nc(N)c2C#N)cc(OC)c1OC. The molecule has 2 N–H and O–H groups in total. The molecule has 0 radical (unpaired) electrons. The Bertz CT molecular complexity index is 1100. The van der Waals surface area contributed by atoms with Crippen molar-refractivity contribution in [2.45, 2.75) is 0 Å². The lowest BCUT2D eigenvalue weighted by molar-refractivity contribution is 0.324. The maximum absolute atomic E-state index is 9.67. The number of nitriles is 1. The average Bonchev–Trinajstić information content (AvgIpc) is 2.71. The van der Waals surface area contributed by atoms with Gasteiger partial charge in [0, 0.05) is 16.1 Å². The van der Waals surface area contributed by atoms with Crippen molar-refractivity contribution in [3.8, 4) is 45.7 Å². The van der Waals surface area contributed by atoms with Crippen LogP contribution >= 0.6 is 23.2 Å². The van der Waals surface area contributed by atoms with E-state index in [4.69, 9.17) is 43.1 Å². The van der Waals surface area contributed by atoms with Crippen molar-refractivity contribution in [3.63, 3.8) is 0 Å². The van der Waals surface area contributed by atoms with Gasteiger partial charge in [-0.15, -0.1) is 0 Å². The third-order valence-electron chi connectivity index (χ3n) is 4.34. The Kier molecular flexibility index (Phi) is 6.02. The first-order valence-corrected chi connectivity index (χ1v) is 9.15. The van der Waals surface area contributed by atoms with Gasteiger partial charge < -0.3 is 19.9 Å². The Morgan fingerprint density at radius 2 is 1.59 bits per heavy atom. The van der Waals surface area contributed by atoms with E-state index in [1.807, 2.05) is 0 Å². The largest absolute Gasteiger partial charge is 0.493 e. The van der Waals surface area contributed by atoms with E-state index in [2.05, 4.69) is 11.1 Å². The number of ether oxygens (including phenoxy) is 3. The topological polar surface area (TPSA) is 90.4 Å². The van der Waals surface area contributed by atoms with E-state index in [0.717, 1.165) is 0 Å². The molecule has 2 aromatic carbocycles. The molecule has 1 aromatic heterocycles. The molecular weight excluding hydrogens is 413 g/mol. The summed E-state index contributed by atoms with van der Waals surface area (Å²) in [6, 6.07) is 12.4. The lowest BCUT2D eigenvalue weighted by atomic mass is 9.97. The molecule has 0 fully saturated rings. The van der Waals surface area contributed by atoms with Gasteiger partial charge in [0.15, 0.2) is 11.5 Å². The number of methoxy groups -OCH3 is 3. The highest BCUT2D eigenvalue weighted by atomic mass is 35.5. The summed E-state index contributed by atoms with van der Waals surface area (Å²) in [4.78, 5) is 4.35. The zero-order valence-corrected chi connectivity index (χ0v) is 17.4. The van der Waals surface area contributed by atoms with Crippen LogP contribution in [0.15, 0.2) is 36.4 Å². The van der Waals surface area contributed by atoms with Crippen LogP contribution in [0.25, 0.3) is 22.4 Å². The first-order valence-electron chi connectivity index (χ1n) is 8.39. The summed E-state index contributed by atoms with van der Waals surface area (Å²) in [6.07, 6.45) is 0. The van der Waals surface area contributed by atoms with E-state index >= 15 is 0 Å². The fourth-order valence-corrected chi connectivity index (χ4v) is 3.49. The number of nitrogens with two attached hydrogens (primary N) is 1. The van der Waals surface area contributed by atoms with Crippen LogP contribution < -0.4 is 19.9 Å². The monoisotopic (exact) mass is 429 g/mol. The van der Waals surface area contributed by atoms with E-state index in [-0.39, 0.29) is 11.4 Å². The maximum atomic E-state index is 9.67. The molecule has 0 saturated heterocycles. The quantitative estimate of drug-likeness (QED) is 0.598. The third-order valence-corrected chi connectivity index (χ3v) is 4.89. The van der Waals surface area contributed by atoms with Crippen LogP contribution in [0.5, 0.6) is 17.2 Å². The highest BCUT2D eigenvalue weighted by Crippen LogP contribution is 2.43. The van der Waals surface area contributed by atoms with Crippen LogP contribution in [-0.2, 0) is 0 Å².